The van der Waals surface area contributed by atoms with Crippen LogP contribution in [0.25, 0.3) is 0 Å². The maximum Gasteiger partial charge on any atom is 0.105 e. The Bertz CT molecular complexity index is 150. The number of hydrogen-bond donors (Lipinski definition) is 2. The summed E-state index contributed by atoms with van der Waals surface area (Å²) in [5.41, 5.74) is 5.34. The Hall–Kier alpha value is -0.570. The molecule has 1 aliphatic carbocycles. The molecule has 3 N–H and O–H groups in total. The third-order valence-electron chi connectivity index (χ3n) is 2.62. The second kappa shape index (κ2) is 4.45. The lowest BCUT2D eigenvalue weighted by molar-refractivity contribution is 0.214. The Labute approximate surface area is 74.4 Å². The van der Waals surface area contributed by atoms with Crippen LogP contribution in [-0.2, 0) is 0 Å². The molecule has 0 spiro atoms. The van der Waals surface area contributed by atoms with Gasteiger partial charge in [-0.25, -0.2) is 0 Å². The zero-order valence-corrected chi connectivity index (χ0v) is 7.84. The van der Waals surface area contributed by atoms with Crippen LogP contribution >= 0.6 is 0 Å². The van der Waals surface area contributed by atoms with Crippen LogP contribution in [0.15, 0.2) is 0 Å². The SMILES string of the molecule is CN(CC(=N)N)C1CCCCC1. The van der Waals surface area contributed by atoms with Crippen molar-refractivity contribution in [3.63, 3.8) is 0 Å². The molecule has 0 radical (unpaired) electrons. The molecule has 3 heteroatoms. The highest BCUT2D eigenvalue weighted by Crippen LogP contribution is 2.20. The van der Waals surface area contributed by atoms with Crippen molar-refractivity contribution in [2.45, 2.75) is 38.1 Å². The van der Waals surface area contributed by atoms with E-state index in [1.165, 1.54) is 32.1 Å². The first kappa shape index (κ1) is 9.52. The molecule has 1 rings (SSSR count). The number of amidine groups is 1. The number of likely N-dealkylation sites (N-methyl/N-ethyl adjacent to an activating group) is 1. The minimum atomic E-state index is 0.281. The molecule has 0 aliphatic heterocycles. The first-order valence-electron chi connectivity index (χ1n) is 4.73. The Morgan fingerprint density at radius 2 is 2.00 bits per heavy atom. The largest absolute Gasteiger partial charge is 0.387 e. The van der Waals surface area contributed by atoms with E-state index in [4.69, 9.17) is 11.1 Å². The minimum Gasteiger partial charge on any atom is -0.387 e. The van der Waals surface area contributed by atoms with Crippen LogP contribution < -0.4 is 5.73 Å². The Morgan fingerprint density at radius 3 is 2.50 bits per heavy atom. The van der Waals surface area contributed by atoms with Crippen molar-refractivity contribution in [2.75, 3.05) is 13.6 Å². The molecule has 3 nitrogen and oxygen atoms in total. The van der Waals surface area contributed by atoms with Gasteiger partial charge in [-0.3, -0.25) is 10.3 Å². The molecule has 12 heavy (non-hydrogen) atoms. The molecule has 1 saturated carbocycles. The fraction of sp³-hybridized carbons (Fsp3) is 0.889. The Kier molecular flexibility index (Phi) is 3.53. The van der Waals surface area contributed by atoms with Crippen LogP contribution in [-0.4, -0.2) is 30.4 Å². The van der Waals surface area contributed by atoms with E-state index in [2.05, 4.69) is 11.9 Å². The van der Waals surface area contributed by atoms with Crippen LogP contribution in [0.1, 0.15) is 32.1 Å². The summed E-state index contributed by atoms with van der Waals surface area (Å²) in [5.74, 6) is 0.281. The summed E-state index contributed by atoms with van der Waals surface area (Å²) in [6, 6.07) is 0.669. The average Bonchev–Trinajstić information content (AvgIpc) is 2.05. The molecule has 0 amide bonds. The van der Waals surface area contributed by atoms with Gasteiger partial charge < -0.3 is 5.73 Å². The van der Waals surface area contributed by atoms with Gasteiger partial charge in [0.1, 0.15) is 5.84 Å². The van der Waals surface area contributed by atoms with E-state index in [1.54, 1.807) is 0 Å². The van der Waals surface area contributed by atoms with Gasteiger partial charge in [-0.1, -0.05) is 19.3 Å². The number of hydrogen-bond acceptors (Lipinski definition) is 2. The molecule has 0 bridgehead atoms. The maximum atomic E-state index is 7.18. The summed E-state index contributed by atoms with van der Waals surface area (Å²) in [4.78, 5) is 2.21. The minimum absolute atomic E-state index is 0.281. The molecule has 1 fully saturated rings. The van der Waals surface area contributed by atoms with Gasteiger partial charge in [0.25, 0.3) is 0 Å². The lowest BCUT2D eigenvalue weighted by Crippen LogP contribution is -2.39. The lowest BCUT2D eigenvalue weighted by atomic mass is 9.94. The van der Waals surface area contributed by atoms with Crippen molar-refractivity contribution in [3.05, 3.63) is 0 Å². The number of rotatable bonds is 3. The number of nitrogens with two attached hydrogens (primary N) is 1. The van der Waals surface area contributed by atoms with Crippen molar-refractivity contribution in [1.82, 2.24) is 4.90 Å². The smallest absolute Gasteiger partial charge is 0.105 e. The zero-order chi connectivity index (χ0) is 8.97. The third-order valence-corrected chi connectivity index (χ3v) is 2.62. The third kappa shape index (κ3) is 2.81. The normalized spacial score (nSPS) is 19.8. The van der Waals surface area contributed by atoms with E-state index in [0.29, 0.717) is 12.6 Å². The van der Waals surface area contributed by atoms with E-state index in [-0.39, 0.29) is 5.84 Å². The van der Waals surface area contributed by atoms with Crippen molar-refractivity contribution in [2.24, 2.45) is 5.73 Å². The highest BCUT2D eigenvalue weighted by Gasteiger charge is 2.17. The van der Waals surface area contributed by atoms with Gasteiger partial charge in [0.05, 0.1) is 6.54 Å². The Balaban J connectivity index is 2.29. The zero-order valence-electron chi connectivity index (χ0n) is 7.84. The molecular weight excluding hydrogens is 150 g/mol. The van der Waals surface area contributed by atoms with Crippen LogP contribution in [0.2, 0.25) is 0 Å². The number of nitrogens with zero attached hydrogens (tertiary/aromatic N) is 1. The second-order valence-electron chi connectivity index (χ2n) is 3.73. The van der Waals surface area contributed by atoms with Gasteiger partial charge >= 0.3 is 0 Å². The molecule has 1 aliphatic rings. The van der Waals surface area contributed by atoms with Gasteiger partial charge in [0, 0.05) is 6.04 Å². The first-order valence-corrected chi connectivity index (χ1v) is 4.73. The van der Waals surface area contributed by atoms with Crippen molar-refractivity contribution < 1.29 is 0 Å². The first-order chi connectivity index (χ1) is 5.70. The monoisotopic (exact) mass is 169 g/mol. The summed E-state index contributed by atoms with van der Waals surface area (Å²) >= 11 is 0. The predicted octanol–water partition coefficient (Wildman–Crippen LogP) is 1.19. The molecule has 0 heterocycles. The number of nitrogens with one attached hydrogen (secondary N) is 1. The van der Waals surface area contributed by atoms with Crippen molar-refractivity contribution >= 4 is 5.84 Å². The van der Waals surface area contributed by atoms with Gasteiger partial charge in [-0.05, 0) is 19.9 Å². The Morgan fingerprint density at radius 1 is 1.42 bits per heavy atom. The molecule has 70 valence electrons. The van der Waals surface area contributed by atoms with Crippen LogP contribution in [0, 0.1) is 5.41 Å². The van der Waals surface area contributed by atoms with Crippen LogP contribution in [0.5, 0.6) is 0 Å². The molecule has 0 atom stereocenters. The summed E-state index contributed by atoms with van der Waals surface area (Å²) in [5, 5.41) is 7.18. The van der Waals surface area contributed by atoms with E-state index in [9.17, 15) is 0 Å². The second-order valence-corrected chi connectivity index (χ2v) is 3.73. The molecular formula is C9H19N3. The van der Waals surface area contributed by atoms with E-state index in [0.717, 1.165) is 0 Å². The average molecular weight is 169 g/mol. The summed E-state index contributed by atoms with van der Waals surface area (Å²) in [6.45, 7) is 0.630. The van der Waals surface area contributed by atoms with Crippen molar-refractivity contribution in [1.29, 1.82) is 5.41 Å². The van der Waals surface area contributed by atoms with Crippen molar-refractivity contribution in [3.8, 4) is 0 Å². The van der Waals surface area contributed by atoms with Gasteiger partial charge in [-0.2, -0.15) is 0 Å². The highest BCUT2D eigenvalue weighted by atomic mass is 15.1. The quantitative estimate of drug-likeness (QED) is 0.492. The van der Waals surface area contributed by atoms with Crippen LogP contribution in [0.4, 0.5) is 0 Å². The van der Waals surface area contributed by atoms with Gasteiger partial charge in [0.15, 0.2) is 0 Å². The summed E-state index contributed by atoms with van der Waals surface area (Å²) in [6.07, 6.45) is 6.62. The molecule has 0 unspecified atom stereocenters. The van der Waals surface area contributed by atoms with E-state index < -0.39 is 0 Å². The summed E-state index contributed by atoms with van der Waals surface area (Å²) < 4.78 is 0. The van der Waals surface area contributed by atoms with Crippen LogP contribution in [0.3, 0.4) is 0 Å². The predicted molar refractivity (Wildman–Crippen MR) is 51.4 cm³/mol. The van der Waals surface area contributed by atoms with Gasteiger partial charge in [-0.15, -0.1) is 0 Å². The fourth-order valence-electron chi connectivity index (χ4n) is 1.92. The van der Waals surface area contributed by atoms with Gasteiger partial charge in [0.2, 0.25) is 0 Å². The topological polar surface area (TPSA) is 53.1 Å². The van der Waals surface area contributed by atoms with E-state index in [1.807, 2.05) is 0 Å². The molecule has 0 saturated heterocycles. The standard InChI is InChI=1S/C9H19N3/c1-12(7-9(10)11)8-5-3-2-4-6-8/h8H,2-7H2,1H3,(H3,10,11). The molecule has 0 aromatic carbocycles. The maximum absolute atomic E-state index is 7.18. The van der Waals surface area contributed by atoms with E-state index >= 15 is 0 Å². The highest BCUT2D eigenvalue weighted by molar-refractivity contribution is 5.78. The fourth-order valence-corrected chi connectivity index (χ4v) is 1.92. The molecule has 0 aromatic rings. The lowest BCUT2D eigenvalue weighted by Gasteiger charge is -2.30. The molecule has 0 aromatic heterocycles. The summed E-state index contributed by atoms with van der Waals surface area (Å²) in [7, 11) is 2.07.